The molecule has 13 heteroatoms. The molecular formula is C18H35Cl2N5O6. The molecule has 2 fully saturated rings. The van der Waals surface area contributed by atoms with Crippen LogP contribution in [-0.2, 0) is 18.9 Å². The highest BCUT2D eigenvalue weighted by Crippen LogP contribution is 2.22. The van der Waals surface area contributed by atoms with Crippen LogP contribution in [0.4, 0.5) is 5.95 Å². The van der Waals surface area contributed by atoms with Gasteiger partial charge in [-0.25, -0.2) is 0 Å². The largest absolute Gasteiger partial charge is 1.00 e. The van der Waals surface area contributed by atoms with Crippen molar-refractivity contribution in [1.29, 1.82) is 0 Å². The molecule has 0 amide bonds. The fourth-order valence-electron chi connectivity index (χ4n) is 2.66. The van der Waals surface area contributed by atoms with Crippen LogP contribution in [0.1, 0.15) is 0 Å². The van der Waals surface area contributed by atoms with Crippen molar-refractivity contribution in [2.45, 2.75) is 0 Å². The van der Waals surface area contributed by atoms with Gasteiger partial charge in [-0.15, -0.1) is 15.0 Å². The Hall–Kier alpha value is -1.05. The molecule has 0 spiro atoms. The number of hydrogen-bond donors (Lipinski definition) is 1. The number of halogens is 2. The molecule has 1 aromatic heterocycles. The van der Waals surface area contributed by atoms with Crippen molar-refractivity contribution in [3.05, 3.63) is 0 Å². The van der Waals surface area contributed by atoms with Crippen LogP contribution in [0.5, 0.6) is 12.0 Å². The van der Waals surface area contributed by atoms with E-state index >= 15 is 0 Å². The number of nitrogens with two attached hydrogens (primary N) is 1. The molecule has 0 atom stereocenters. The van der Waals surface area contributed by atoms with Crippen LogP contribution in [-0.4, -0.2) is 115 Å². The summed E-state index contributed by atoms with van der Waals surface area (Å²) in [5.74, 6) is 0.614. The number of methoxy groups -OCH3 is 2. The van der Waals surface area contributed by atoms with Gasteiger partial charge in [-0.2, -0.15) is 0 Å². The number of morpholine rings is 2. The number of aromatic nitrogens is 3. The average molecular weight is 488 g/mol. The lowest BCUT2D eigenvalue weighted by molar-refractivity contribution is -0.670. The van der Waals surface area contributed by atoms with Crippen LogP contribution < -0.4 is 44.1 Å². The highest BCUT2D eigenvalue weighted by molar-refractivity contribution is 5.28. The maximum absolute atomic E-state index is 5.53. The molecule has 2 saturated heterocycles. The first kappa shape index (κ1) is 29.9. The molecule has 2 aliphatic rings. The van der Waals surface area contributed by atoms with Crippen LogP contribution in [0.15, 0.2) is 0 Å². The summed E-state index contributed by atoms with van der Waals surface area (Å²) in [5.41, 5.74) is 0. The summed E-state index contributed by atoms with van der Waals surface area (Å²) in [5, 5.41) is 2.27. The zero-order valence-electron chi connectivity index (χ0n) is 18.6. The zero-order chi connectivity index (χ0) is 20.8. The van der Waals surface area contributed by atoms with Gasteiger partial charge >= 0.3 is 18.0 Å². The molecule has 3 heterocycles. The van der Waals surface area contributed by atoms with E-state index in [9.17, 15) is 0 Å². The molecule has 31 heavy (non-hydrogen) atoms. The summed E-state index contributed by atoms with van der Waals surface area (Å²) < 4.78 is 32.0. The molecule has 2 aliphatic heterocycles. The average Bonchev–Trinajstić information content (AvgIpc) is 2.76. The van der Waals surface area contributed by atoms with E-state index < -0.39 is 0 Å². The van der Waals surface area contributed by atoms with Gasteiger partial charge in [0.05, 0.1) is 59.8 Å². The Balaban J connectivity index is 0.000000972. The third kappa shape index (κ3) is 11.4. The third-order valence-corrected chi connectivity index (χ3v) is 4.49. The zero-order valence-corrected chi connectivity index (χ0v) is 20.1. The quantitative estimate of drug-likeness (QED) is 0.268. The minimum absolute atomic E-state index is 0. The van der Waals surface area contributed by atoms with Gasteiger partial charge in [0.25, 0.3) is 0 Å². The van der Waals surface area contributed by atoms with E-state index in [0.29, 0.717) is 50.1 Å². The highest BCUT2D eigenvalue weighted by atomic mass is 35.5. The first-order chi connectivity index (χ1) is 14.2. The Morgan fingerprint density at radius 2 is 1.26 bits per heavy atom. The molecule has 0 saturated carbocycles. The van der Waals surface area contributed by atoms with Crippen molar-refractivity contribution in [1.82, 2.24) is 19.4 Å². The third-order valence-electron chi connectivity index (χ3n) is 4.49. The number of nitrogens with zero attached hydrogens (tertiary/aromatic N) is 4. The molecule has 1 aromatic rings. The summed E-state index contributed by atoms with van der Waals surface area (Å²) >= 11 is 0. The minimum atomic E-state index is 0. The fourth-order valence-corrected chi connectivity index (χ4v) is 2.66. The lowest BCUT2D eigenvalue weighted by Gasteiger charge is -2.34. The molecule has 0 radical (unpaired) electrons. The van der Waals surface area contributed by atoms with E-state index in [1.165, 1.54) is 0 Å². The van der Waals surface area contributed by atoms with Gasteiger partial charge in [0.2, 0.25) is 0 Å². The number of quaternary nitrogens is 2. The Labute approximate surface area is 196 Å². The molecule has 0 aliphatic carbocycles. The Morgan fingerprint density at radius 1 is 0.774 bits per heavy atom. The van der Waals surface area contributed by atoms with Gasteiger partial charge in [0, 0.05) is 14.2 Å². The number of ether oxygens (including phenoxy) is 6. The first-order valence-corrected chi connectivity index (χ1v) is 10.00. The molecule has 11 nitrogen and oxygen atoms in total. The van der Waals surface area contributed by atoms with Crippen LogP contribution >= 0.6 is 0 Å². The second-order valence-electron chi connectivity index (χ2n) is 6.82. The van der Waals surface area contributed by atoms with Crippen LogP contribution in [0, 0.1) is 0 Å². The summed E-state index contributed by atoms with van der Waals surface area (Å²) in [7, 11) is 5.29. The summed E-state index contributed by atoms with van der Waals surface area (Å²) in [4.78, 5) is 13.1. The topological polar surface area (TPSA) is 111 Å². The molecule has 0 unspecified atom stereocenters. The first-order valence-electron chi connectivity index (χ1n) is 10.00. The van der Waals surface area contributed by atoms with Crippen molar-refractivity contribution in [2.75, 3.05) is 100 Å². The van der Waals surface area contributed by atoms with Crippen molar-refractivity contribution >= 4 is 5.95 Å². The SMILES string of the molecule is C1COCC[NH2+]1.COCCOc1nc(OCCOC)nc([N+]2(C)CCOCC2)n1.[Cl-].[Cl-]. The van der Waals surface area contributed by atoms with Crippen molar-refractivity contribution in [3.8, 4) is 12.0 Å². The van der Waals surface area contributed by atoms with E-state index in [4.69, 9.17) is 28.4 Å². The standard InChI is InChI=1S/C14H25N4O5.C4H9NO.2ClH/c1-18(4-6-21-7-5-18)12-15-13(22-10-8-19-2)17-14(16-12)23-11-9-20-3;1-3-6-4-2-5-1;;/h4-11H2,1-3H3;5H,1-4H2;2*1H/q+1;;;/p-1. The normalized spacial score (nSPS) is 17.3. The number of likely N-dealkylation sites (N-methyl/N-ethyl adjacent to an activating group) is 1. The molecule has 0 aromatic carbocycles. The van der Waals surface area contributed by atoms with E-state index in [0.717, 1.165) is 39.4 Å². The van der Waals surface area contributed by atoms with Gasteiger partial charge in [-0.1, -0.05) is 0 Å². The van der Waals surface area contributed by atoms with Gasteiger partial charge in [0.15, 0.2) is 0 Å². The van der Waals surface area contributed by atoms with Crippen molar-refractivity contribution in [2.24, 2.45) is 0 Å². The van der Waals surface area contributed by atoms with Crippen LogP contribution in [0.2, 0.25) is 0 Å². The maximum Gasteiger partial charge on any atom is 0.338 e. The van der Waals surface area contributed by atoms with E-state index in [1.807, 2.05) is 0 Å². The Bertz CT molecular complexity index is 541. The minimum Gasteiger partial charge on any atom is -1.00 e. The lowest BCUT2D eigenvalue weighted by atomic mass is 10.4. The van der Waals surface area contributed by atoms with E-state index in [2.05, 4.69) is 27.3 Å². The lowest BCUT2D eigenvalue weighted by Crippen LogP contribution is -3.00. The van der Waals surface area contributed by atoms with Gasteiger partial charge in [-0.05, 0) is 0 Å². The maximum atomic E-state index is 5.53. The molecule has 0 bridgehead atoms. The van der Waals surface area contributed by atoms with Gasteiger partial charge in [-0.3, -0.25) is 4.48 Å². The van der Waals surface area contributed by atoms with Gasteiger partial charge < -0.3 is 58.6 Å². The van der Waals surface area contributed by atoms with Crippen LogP contribution in [0.25, 0.3) is 0 Å². The summed E-state index contributed by atoms with van der Waals surface area (Å²) in [6.45, 7) is 8.76. The smallest absolute Gasteiger partial charge is 0.338 e. The second-order valence-corrected chi connectivity index (χ2v) is 6.82. The van der Waals surface area contributed by atoms with Crippen molar-refractivity contribution < 1.29 is 58.6 Å². The second kappa shape index (κ2) is 17.5. The predicted molar refractivity (Wildman–Crippen MR) is 105 cm³/mol. The Kier molecular flexibility index (Phi) is 16.9. The molecule has 2 N–H and O–H groups in total. The van der Waals surface area contributed by atoms with Crippen molar-refractivity contribution in [3.63, 3.8) is 0 Å². The Morgan fingerprint density at radius 3 is 1.65 bits per heavy atom. The monoisotopic (exact) mass is 487 g/mol. The molecular weight excluding hydrogens is 453 g/mol. The molecule has 182 valence electrons. The van der Waals surface area contributed by atoms with E-state index in [1.54, 1.807) is 14.2 Å². The van der Waals surface area contributed by atoms with Crippen LogP contribution in [0.3, 0.4) is 0 Å². The number of rotatable bonds is 9. The summed E-state index contributed by atoms with van der Waals surface area (Å²) in [6.07, 6.45) is 0. The number of hydrogen-bond acceptors (Lipinski definition) is 9. The molecule has 3 rings (SSSR count). The predicted octanol–water partition coefficient (Wildman–Crippen LogP) is -7.52. The summed E-state index contributed by atoms with van der Waals surface area (Å²) in [6, 6.07) is 0.482. The van der Waals surface area contributed by atoms with E-state index in [-0.39, 0.29) is 36.8 Å². The highest BCUT2D eigenvalue weighted by Gasteiger charge is 2.33. The fraction of sp³-hybridized carbons (Fsp3) is 0.833. The van der Waals surface area contributed by atoms with Gasteiger partial charge in [0.1, 0.15) is 26.3 Å².